The molecule has 0 radical (unpaired) electrons. The lowest BCUT2D eigenvalue weighted by atomic mass is 10.1. The molecule has 4 heteroatoms. The minimum Gasteiger partial charge on any atom is -0.508 e. The minimum atomic E-state index is -0.462. The molecule has 78 valence electrons. The van der Waals surface area contributed by atoms with Gasteiger partial charge in [-0.1, -0.05) is 0 Å². The van der Waals surface area contributed by atoms with Crippen LogP contribution in [-0.2, 0) is 0 Å². The van der Waals surface area contributed by atoms with Crippen LogP contribution in [0.3, 0.4) is 0 Å². The molecule has 0 saturated heterocycles. The molecule has 1 unspecified atom stereocenters. The number of benzene rings is 1. The maximum Gasteiger partial charge on any atom is 0.336 e. The summed E-state index contributed by atoms with van der Waals surface area (Å²) < 4.78 is 4.96. The molecule has 0 bridgehead atoms. The number of rotatable bonds is 1. The molecule has 15 heavy (non-hydrogen) atoms. The summed E-state index contributed by atoms with van der Waals surface area (Å²) in [7, 11) is 0. The molecule has 0 aliphatic carbocycles. The first-order valence-corrected chi connectivity index (χ1v) is 4.92. The molecule has 1 aromatic carbocycles. The van der Waals surface area contributed by atoms with Crippen LogP contribution >= 0.6 is 11.6 Å². The zero-order chi connectivity index (χ0) is 11.0. The van der Waals surface area contributed by atoms with Gasteiger partial charge in [-0.25, -0.2) is 4.79 Å². The highest BCUT2D eigenvalue weighted by Gasteiger charge is 2.10. The fourth-order valence-electron chi connectivity index (χ4n) is 1.51. The van der Waals surface area contributed by atoms with Crippen LogP contribution < -0.4 is 5.63 Å². The number of hydrogen-bond acceptors (Lipinski definition) is 3. The van der Waals surface area contributed by atoms with E-state index in [1.54, 1.807) is 13.0 Å². The van der Waals surface area contributed by atoms with Gasteiger partial charge in [-0.3, -0.25) is 0 Å². The third-order valence-electron chi connectivity index (χ3n) is 2.19. The van der Waals surface area contributed by atoms with Gasteiger partial charge in [-0.2, -0.15) is 0 Å². The van der Waals surface area contributed by atoms with Crippen LogP contribution in [0.5, 0.6) is 5.75 Å². The summed E-state index contributed by atoms with van der Waals surface area (Å²) in [5.74, 6) is 0.0602. The number of fused-ring (bicyclic) bond motifs is 1. The molecule has 3 nitrogen and oxygen atoms in total. The zero-order valence-corrected chi connectivity index (χ0v) is 8.78. The first-order chi connectivity index (χ1) is 7.08. The first-order valence-electron chi connectivity index (χ1n) is 4.49. The van der Waals surface area contributed by atoms with Crippen molar-refractivity contribution in [3.63, 3.8) is 0 Å². The third kappa shape index (κ3) is 1.83. The molecule has 1 N–H and O–H groups in total. The Bertz CT molecular complexity index is 557. The van der Waals surface area contributed by atoms with E-state index in [2.05, 4.69) is 0 Å². The topological polar surface area (TPSA) is 50.4 Å². The Hall–Kier alpha value is -1.48. The summed E-state index contributed by atoms with van der Waals surface area (Å²) in [5.41, 5.74) is 0.600. The number of aromatic hydroxyl groups is 1. The van der Waals surface area contributed by atoms with Gasteiger partial charge in [0.25, 0.3) is 0 Å². The summed E-state index contributed by atoms with van der Waals surface area (Å²) in [5, 5.41) is 9.72. The second-order valence-electron chi connectivity index (χ2n) is 3.32. The molecule has 2 rings (SSSR count). The predicted molar refractivity (Wildman–Crippen MR) is 58.4 cm³/mol. The number of alkyl halides is 1. The molecule has 2 aromatic rings. The maximum atomic E-state index is 11.2. The van der Waals surface area contributed by atoms with Crippen molar-refractivity contribution in [2.24, 2.45) is 0 Å². The van der Waals surface area contributed by atoms with Crippen LogP contribution in [0, 0.1) is 0 Å². The van der Waals surface area contributed by atoms with E-state index in [1.165, 1.54) is 18.2 Å². The van der Waals surface area contributed by atoms with Crippen molar-refractivity contribution in [3.8, 4) is 5.75 Å². The van der Waals surface area contributed by atoms with Crippen molar-refractivity contribution in [2.75, 3.05) is 0 Å². The van der Waals surface area contributed by atoms with Crippen LogP contribution in [0.4, 0.5) is 0 Å². The van der Waals surface area contributed by atoms with Crippen molar-refractivity contribution in [1.82, 2.24) is 0 Å². The summed E-state index contributed by atoms with van der Waals surface area (Å²) in [6.07, 6.45) is 0. The summed E-state index contributed by atoms with van der Waals surface area (Å²) in [6, 6.07) is 5.99. The van der Waals surface area contributed by atoms with E-state index in [0.717, 1.165) is 5.39 Å². The van der Waals surface area contributed by atoms with Gasteiger partial charge in [0.15, 0.2) is 0 Å². The first kappa shape index (κ1) is 10.1. The van der Waals surface area contributed by atoms with Gasteiger partial charge < -0.3 is 9.52 Å². The van der Waals surface area contributed by atoms with Crippen LogP contribution in [0.15, 0.2) is 33.5 Å². The Balaban J connectivity index is 2.86. The Morgan fingerprint density at radius 3 is 2.80 bits per heavy atom. The van der Waals surface area contributed by atoms with Gasteiger partial charge in [-0.15, -0.1) is 11.6 Å². The van der Waals surface area contributed by atoms with Crippen molar-refractivity contribution in [2.45, 2.75) is 12.3 Å². The number of phenols is 1. The Labute approximate surface area is 90.9 Å². The quantitative estimate of drug-likeness (QED) is 0.599. The lowest BCUT2D eigenvalue weighted by molar-refractivity contribution is 0.473. The molecule has 0 spiro atoms. The van der Waals surface area contributed by atoms with E-state index in [9.17, 15) is 9.90 Å². The average molecular weight is 225 g/mol. The normalized spacial score (nSPS) is 12.9. The Morgan fingerprint density at radius 2 is 2.13 bits per heavy atom. The Kier molecular flexibility index (Phi) is 2.40. The summed E-state index contributed by atoms with van der Waals surface area (Å²) in [4.78, 5) is 11.2. The predicted octanol–water partition coefficient (Wildman–Crippen LogP) is 2.80. The fourth-order valence-corrected chi connectivity index (χ4v) is 1.69. The second kappa shape index (κ2) is 3.59. The van der Waals surface area contributed by atoms with Crippen molar-refractivity contribution < 1.29 is 9.52 Å². The van der Waals surface area contributed by atoms with Crippen LogP contribution in [0.1, 0.15) is 17.9 Å². The molecule has 0 fully saturated rings. The van der Waals surface area contributed by atoms with Gasteiger partial charge in [0.2, 0.25) is 0 Å². The van der Waals surface area contributed by atoms with Gasteiger partial charge in [-0.05, 0) is 24.6 Å². The van der Waals surface area contributed by atoms with Crippen LogP contribution in [0.25, 0.3) is 11.0 Å². The van der Waals surface area contributed by atoms with Crippen molar-refractivity contribution in [3.05, 3.63) is 40.2 Å². The number of hydrogen-bond donors (Lipinski definition) is 1. The maximum absolute atomic E-state index is 11.2. The van der Waals surface area contributed by atoms with E-state index in [0.29, 0.717) is 11.1 Å². The van der Waals surface area contributed by atoms with Crippen molar-refractivity contribution in [1.29, 1.82) is 0 Å². The van der Waals surface area contributed by atoms with E-state index in [4.69, 9.17) is 16.0 Å². The molecular formula is C11H9ClO3. The molecule has 0 aliphatic rings. The van der Waals surface area contributed by atoms with Crippen molar-refractivity contribution >= 4 is 22.6 Å². The lowest BCUT2D eigenvalue weighted by Crippen LogP contribution is -2.00. The highest BCUT2D eigenvalue weighted by atomic mass is 35.5. The highest BCUT2D eigenvalue weighted by molar-refractivity contribution is 6.21. The summed E-state index contributed by atoms with van der Waals surface area (Å²) in [6.45, 7) is 1.78. The average Bonchev–Trinajstić information content (AvgIpc) is 2.15. The Morgan fingerprint density at radius 1 is 1.40 bits per heavy atom. The van der Waals surface area contributed by atoms with Gasteiger partial charge in [0, 0.05) is 17.5 Å². The monoisotopic (exact) mass is 224 g/mol. The number of phenolic OH excluding ortho intramolecular Hbond substituents is 1. The SMILES string of the molecule is CC(Cl)c1cc(=O)oc2cc(O)ccc12. The number of halogens is 1. The van der Waals surface area contributed by atoms with Gasteiger partial charge in [0.05, 0.1) is 5.38 Å². The molecule has 0 aliphatic heterocycles. The standard InChI is InChI=1S/C11H9ClO3/c1-6(12)9-5-11(14)15-10-4-7(13)2-3-8(9)10/h2-6,13H,1H3. The molecular weight excluding hydrogens is 216 g/mol. The zero-order valence-electron chi connectivity index (χ0n) is 8.03. The molecule has 1 atom stereocenters. The highest BCUT2D eigenvalue weighted by Crippen LogP contribution is 2.28. The van der Waals surface area contributed by atoms with E-state index < -0.39 is 5.63 Å². The minimum absolute atomic E-state index is 0.0602. The van der Waals surface area contributed by atoms with Crippen LogP contribution in [0.2, 0.25) is 0 Å². The van der Waals surface area contributed by atoms with E-state index in [1.807, 2.05) is 0 Å². The molecule has 1 heterocycles. The van der Waals surface area contributed by atoms with Gasteiger partial charge >= 0.3 is 5.63 Å². The molecule has 0 saturated carbocycles. The molecule has 1 aromatic heterocycles. The van der Waals surface area contributed by atoms with Gasteiger partial charge in [0.1, 0.15) is 11.3 Å². The summed E-state index contributed by atoms with van der Waals surface area (Å²) >= 11 is 5.95. The smallest absolute Gasteiger partial charge is 0.336 e. The van der Waals surface area contributed by atoms with E-state index in [-0.39, 0.29) is 11.1 Å². The van der Waals surface area contributed by atoms with Crippen LogP contribution in [-0.4, -0.2) is 5.11 Å². The second-order valence-corrected chi connectivity index (χ2v) is 3.97. The lowest BCUT2D eigenvalue weighted by Gasteiger charge is -2.06. The molecule has 0 amide bonds. The van der Waals surface area contributed by atoms with E-state index >= 15 is 0 Å². The third-order valence-corrected chi connectivity index (χ3v) is 2.42. The fraction of sp³-hybridized carbons (Fsp3) is 0.182. The largest absolute Gasteiger partial charge is 0.508 e.